The van der Waals surface area contributed by atoms with E-state index in [1.165, 1.54) is 0 Å². The Labute approximate surface area is 187 Å². The van der Waals surface area contributed by atoms with Crippen molar-refractivity contribution in [3.8, 4) is 17.2 Å². The summed E-state index contributed by atoms with van der Waals surface area (Å²) < 4.78 is 17.6. The number of hydrogen-bond donors (Lipinski definition) is 0. The van der Waals surface area contributed by atoms with E-state index >= 15 is 0 Å². The third-order valence-corrected chi connectivity index (χ3v) is 5.84. The molecule has 3 aromatic rings. The molecule has 1 aromatic heterocycles. The fraction of sp³-hybridized carbons (Fsp3) is 0.231. The molecular formula is C26H24N2O4. The minimum atomic E-state index is -0.114. The molecule has 0 unspecified atom stereocenters. The predicted molar refractivity (Wildman–Crippen MR) is 121 cm³/mol. The van der Waals surface area contributed by atoms with Crippen LogP contribution in [0.3, 0.4) is 0 Å². The van der Waals surface area contributed by atoms with Gasteiger partial charge in [0, 0.05) is 25.4 Å². The topological polar surface area (TPSA) is 60.9 Å². The number of benzene rings is 2. The first-order valence-corrected chi connectivity index (χ1v) is 10.6. The molecular weight excluding hydrogens is 404 g/mol. The molecule has 0 saturated carbocycles. The van der Waals surface area contributed by atoms with Gasteiger partial charge in [-0.3, -0.25) is 14.7 Å². The Morgan fingerprint density at radius 3 is 2.84 bits per heavy atom. The summed E-state index contributed by atoms with van der Waals surface area (Å²) in [7, 11) is 1.69. The molecule has 0 N–H and O–H groups in total. The molecule has 5 rings (SSSR count). The van der Waals surface area contributed by atoms with E-state index in [4.69, 9.17) is 14.2 Å². The van der Waals surface area contributed by atoms with Crippen molar-refractivity contribution >= 4 is 11.9 Å². The van der Waals surface area contributed by atoms with Crippen LogP contribution in [0.15, 0.2) is 60.5 Å². The summed E-state index contributed by atoms with van der Waals surface area (Å²) in [6.07, 6.45) is 4.22. The Hall–Kier alpha value is -3.64. The highest BCUT2D eigenvalue weighted by molar-refractivity contribution is 6.15. The molecule has 0 atom stereocenters. The molecule has 0 aliphatic carbocycles. The molecule has 0 amide bonds. The molecule has 162 valence electrons. The Balaban J connectivity index is 1.39. The number of ketones is 1. The van der Waals surface area contributed by atoms with Gasteiger partial charge in [0.15, 0.2) is 5.76 Å². The van der Waals surface area contributed by atoms with Crippen LogP contribution in [-0.4, -0.2) is 36.1 Å². The zero-order chi connectivity index (χ0) is 22.1. The number of rotatable bonds is 5. The van der Waals surface area contributed by atoms with Crippen molar-refractivity contribution in [1.82, 2.24) is 9.88 Å². The van der Waals surface area contributed by atoms with Crippen LogP contribution in [-0.2, 0) is 13.0 Å². The SMILES string of the molecule is COc1ccccc1CCN1COc2cc(C)c3c(c2C1)O/C(=C\c1ccccn1)C3=O. The summed E-state index contributed by atoms with van der Waals surface area (Å²) in [6.45, 7) is 3.86. The summed E-state index contributed by atoms with van der Waals surface area (Å²) in [5.41, 5.74) is 4.22. The number of Topliss-reactive ketones (excluding diaryl/α,β-unsaturated/α-hetero) is 1. The van der Waals surface area contributed by atoms with Crippen molar-refractivity contribution < 1.29 is 19.0 Å². The smallest absolute Gasteiger partial charge is 0.232 e. The largest absolute Gasteiger partial charge is 0.496 e. The number of pyridine rings is 1. The van der Waals surface area contributed by atoms with Gasteiger partial charge in [-0.2, -0.15) is 0 Å². The molecule has 0 saturated heterocycles. The third-order valence-electron chi connectivity index (χ3n) is 5.84. The standard InChI is InChI=1S/C26H24N2O4/c1-17-13-22-20(15-28(16-31-22)12-10-18-7-3-4-9-21(18)30-2)26-24(17)25(29)23(32-26)14-19-8-5-6-11-27-19/h3-9,11,13-14H,10,12,15-16H2,1-2H3/b23-14-. The number of carbonyl (C=O) groups excluding carboxylic acids is 1. The molecule has 0 bridgehead atoms. The summed E-state index contributed by atoms with van der Waals surface area (Å²) in [5, 5.41) is 0. The summed E-state index contributed by atoms with van der Waals surface area (Å²) in [6, 6.07) is 15.5. The maximum absolute atomic E-state index is 13.1. The minimum absolute atomic E-state index is 0.114. The molecule has 3 heterocycles. The van der Waals surface area contributed by atoms with Gasteiger partial charge in [-0.05, 0) is 48.7 Å². The number of hydrogen-bond acceptors (Lipinski definition) is 6. The van der Waals surface area contributed by atoms with E-state index in [-0.39, 0.29) is 5.78 Å². The predicted octanol–water partition coefficient (Wildman–Crippen LogP) is 4.41. The second kappa shape index (κ2) is 8.48. The van der Waals surface area contributed by atoms with Crippen LogP contribution in [0.1, 0.15) is 32.7 Å². The van der Waals surface area contributed by atoms with E-state index in [0.29, 0.717) is 36.0 Å². The zero-order valence-corrected chi connectivity index (χ0v) is 18.1. The summed E-state index contributed by atoms with van der Waals surface area (Å²) in [4.78, 5) is 19.6. The highest BCUT2D eigenvalue weighted by Crippen LogP contribution is 2.44. The van der Waals surface area contributed by atoms with Crippen LogP contribution in [0.4, 0.5) is 0 Å². The molecule has 32 heavy (non-hydrogen) atoms. The second-order valence-electron chi connectivity index (χ2n) is 7.96. The highest BCUT2D eigenvalue weighted by Gasteiger charge is 2.35. The molecule has 0 fully saturated rings. The number of aryl methyl sites for hydroxylation is 1. The number of aromatic nitrogens is 1. The Bertz CT molecular complexity index is 1200. The van der Waals surface area contributed by atoms with E-state index in [2.05, 4.69) is 16.0 Å². The van der Waals surface area contributed by atoms with Crippen molar-refractivity contribution in [2.75, 3.05) is 20.4 Å². The molecule has 0 spiro atoms. The number of carbonyl (C=O) groups is 1. The first kappa shape index (κ1) is 20.3. The highest BCUT2D eigenvalue weighted by atomic mass is 16.5. The fourth-order valence-corrected chi connectivity index (χ4v) is 4.20. The van der Waals surface area contributed by atoms with Crippen molar-refractivity contribution in [2.45, 2.75) is 19.9 Å². The van der Waals surface area contributed by atoms with Crippen LogP contribution in [0.2, 0.25) is 0 Å². The molecule has 6 nitrogen and oxygen atoms in total. The molecule has 0 radical (unpaired) electrons. The first-order chi connectivity index (χ1) is 15.6. The number of fused-ring (bicyclic) bond motifs is 3. The van der Waals surface area contributed by atoms with Crippen molar-refractivity contribution in [2.24, 2.45) is 0 Å². The van der Waals surface area contributed by atoms with E-state index in [9.17, 15) is 4.79 Å². The van der Waals surface area contributed by atoms with Crippen LogP contribution >= 0.6 is 0 Å². The van der Waals surface area contributed by atoms with Gasteiger partial charge >= 0.3 is 0 Å². The fourth-order valence-electron chi connectivity index (χ4n) is 4.20. The Kier molecular flexibility index (Phi) is 5.37. The average molecular weight is 428 g/mol. The van der Waals surface area contributed by atoms with Gasteiger partial charge in [-0.15, -0.1) is 0 Å². The van der Waals surface area contributed by atoms with Gasteiger partial charge < -0.3 is 14.2 Å². The lowest BCUT2D eigenvalue weighted by atomic mass is 9.98. The molecule has 2 aliphatic heterocycles. The van der Waals surface area contributed by atoms with Gasteiger partial charge in [0.2, 0.25) is 5.78 Å². The van der Waals surface area contributed by atoms with Gasteiger partial charge in [-0.1, -0.05) is 24.3 Å². The zero-order valence-electron chi connectivity index (χ0n) is 18.1. The van der Waals surface area contributed by atoms with E-state index in [1.54, 1.807) is 19.4 Å². The van der Waals surface area contributed by atoms with Gasteiger partial charge in [0.05, 0.1) is 23.9 Å². The lowest BCUT2D eigenvalue weighted by Gasteiger charge is -2.30. The lowest BCUT2D eigenvalue weighted by molar-refractivity contribution is 0.0947. The average Bonchev–Trinajstić information content (AvgIpc) is 3.15. The van der Waals surface area contributed by atoms with Crippen LogP contribution in [0.5, 0.6) is 17.2 Å². The number of ether oxygens (including phenoxy) is 3. The number of para-hydroxylation sites is 1. The lowest BCUT2D eigenvalue weighted by Crippen LogP contribution is -2.34. The number of nitrogens with zero attached hydrogens (tertiary/aromatic N) is 2. The van der Waals surface area contributed by atoms with Crippen LogP contribution < -0.4 is 14.2 Å². The van der Waals surface area contributed by atoms with Gasteiger partial charge in [0.1, 0.15) is 24.0 Å². The first-order valence-electron chi connectivity index (χ1n) is 10.6. The quantitative estimate of drug-likeness (QED) is 0.561. The molecule has 2 aromatic carbocycles. The Morgan fingerprint density at radius 2 is 2.03 bits per heavy atom. The number of methoxy groups -OCH3 is 1. The molecule has 6 heteroatoms. The van der Waals surface area contributed by atoms with Gasteiger partial charge in [-0.25, -0.2) is 0 Å². The van der Waals surface area contributed by atoms with Crippen molar-refractivity contribution in [3.05, 3.63) is 88.4 Å². The summed E-state index contributed by atoms with van der Waals surface area (Å²) >= 11 is 0. The van der Waals surface area contributed by atoms with Crippen LogP contribution in [0.25, 0.3) is 6.08 Å². The second-order valence-corrected chi connectivity index (χ2v) is 7.96. The Morgan fingerprint density at radius 1 is 1.19 bits per heavy atom. The maximum Gasteiger partial charge on any atom is 0.232 e. The van der Waals surface area contributed by atoms with Crippen molar-refractivity contribution in [1.29, 1.82) is 0 Å². The molecule has 2 aliphatic rings. The summed E-state index contributed by atoms with van der Waals surface area (Å²) in [5.74, 6) is 2.45. The van der Waals surface area contributed by atoms with E-state index in [1.807, 2.05) is 49.4 Å². The van der Waals surface area contributed by atoms with Crippen LogP contribution in [0, 0.1) is 6.92 Å². The normalized spacial score (nSPS) is 16.3. The third kappa shape index (κ3) is 3.74. The number of allylic oxidation sites excluding steroid dienone is 1. The monoisotopic (exact) mass is 428 g/mol. The maximum atomic E-state index is 13.1. The van der Waals surface area contributed by atoms with Crippen molar-refractivity contribution in [3.63, 3.8) is 0 Å². The van der Waals surface area contributed by atoms with Gasteiger partial charge in [0.25, 0.3) is 0 Å². The minimum Gasteiger partial charge on any atom is -0.496 e. The van der Waals surface area contributed by atoms with E-state index < -0.39 is 0 Å². The van der Waals surface area contributed by atoms with E-state index in [0.717, 1.165) is 41.2 Å².